The molecule has 0 bridgehead atoms. The molecule has 0 spiro atoms. The van der Waals surface area contributed by atoms with Gasteiger partial charge in [-0.1, -0.05) is 45.9 Å². The molecule has 0 unspecified atom stereocenters. The maximum atomic E-state index is 12.7. The van der Waals surface area contributed by atoms with Crippen molar-refractivity contribution in [2.24, 2.45) is 0 Å². The average molecular weight is 378 g/mol. The maximum Gasteiger partial charge on any atom is 0.335 e. The number of carboxylic acid groups (broad SMARTS) is 1. The topological polar surface area (TPSA) is 74.6 Å². The van der Waals surface area contributed by atoms with Crippen LogP contribution in [0.3, 0.4) is 0 Å². The number of ketones is 1. The predicted molar refractivity (Wildman–Crippen MR) is 110 cm³/mol. The average Bonchev–Trinajstić information content (AvgIpc) is 2.63. The van der Waals surface area contributed by atoms with Crippen LogP contribution < -0.4 is 0 Å². The van der Waals surface area contributed by atoms with Gasteiger partial charge >= 0.3 is 5.97 Å². The minimum Gasteiger partial charge on any atom is -0.508 e. The fourth-order valence-corrected chi connectivity index (χ4v) is 3.90. The van der Waals surface area contributed by atoms with Crippen molar-refractivity contribution in [2.75, 3.05) is 0 Å². The Bertz CT molecular complexity index is 963. The summed E-state index contributed by atoms with van der Waals surface area (Å²) in [5, 5.41) is 19.6. The zero-order chi connectivity index (χ0) is 20.7. The number of carbonyl (C=O) groups excluding carboxylic acids is 1. The van der Waals surface area contributed by atoms with Crippen molar-refractivity contribution >= 4 is 17.8 Å². The predicted octanol–water partition coefficient (Wildman–Crippen LogP) is 5.34. The fourth-order valence-electron chi connectivity index (χ4n) is 3.90. The number of benzene rings is 2. The molecule has 0 fully saturated rings. The smallest absolute Gasteiger partial charge is 0.335 e. The largest absolute Gasteiger partial charge is 0.508 e. The molecule has 0 aromatic heterocycles. The lowest BCUT2D eigenvalue weighted by Gasteiger charge is -2.42. The van der Waals surface area contributed by atoms with E-state index in [1.54, 1.807) is 24.3 Å². The molecule has 0 atom stereocenters. The first-order valence-electron chi connectivity index (χ1n) is 9.45. The Morgan fingerprint density at radius 1 is 0.929 bits per heavy atom. The van der Waals surface area contributed by atoms with Crippen LogP contribution in [0.5, 0.6) is 5.75 Å². The molecule has 1 aliphatic rings. The molecule has 3 rings (SSSR count). The highest BCUT2D eigenvalue weighted by molar-refractivity contribution is 6.07. The van der Waals surface area contributed by atoms with Gasteiger partial charge in [-0.05, 0) is 65.1 Å². The van der Waals surface area contributed by atoms with E-state index in [0.717, 1.165) is 29.5 Å². The molecular weight excluding hydrogens is 352 g/mol. The van der Waals surface area contributed by atoms with Gasteiger partial charge in [0.2, 0.25) is 0 Å². The van der Waals surface area contributed by atoms with E-state index in [-0.39, 0.29) is 27.9 Å². The summed E-state index contributed by atoms with van der Waals surface area (Å²) in [7, 11) is 0. The molecule has 0 heterocycles. The number of fused-ring (bicyclic) bond motifs is 1. The number of allylic oxidation sites excluding steroid dienone is 1. The summed E-state index contributed by atoms with van der Waals surface area (Å²) in [6, 6.07) is 9.79. The molecule has 0 aliphatic heterocycles. The van der Waals surface area contributed by atoms with Crippen LogP contribution in [0.2, 0.25) is 0 Å². The third-order valence-corrected chi connectivity index (χ3v) is 5.77. The number of carboxylic acids is 1. The molecule has 146 valence electrons. The summed E-state index contributed by atoms with van der Waals surface area (Å²) in [6.07, 6.45) is 5.09. The fraction of sp³-hybridized carbons (Fsp3) is 0.333. The number of carbonyl (C=O) groups is 2. The summed E-state index contributed by atoms with van der Waals surface area (Å²) >= 11 is 0. The molecule has 0 amide bonds. The highest BCUT2D eigenvalue weighted by atomic mass is 16.4. The third kappa shape index (κ3) is 3.72. The summed E-state index contributed by atoms with van der Waals surface area (Å²) in [6.45, 7) is 8.55. The van der Waals surface area contributed by atoms with Crippen LogP contribution in [0.15, 0.2) is 42.5 Å². The van der Waals surface area contributed by atoms with E-state index in [0.29, 0.717) is 5.56 Å². The molecule has 0 radical (unpaired) electrons. The van der Waals surface area contributed by atoms with Gasteiger partial charge in [-0.25, -0.2) is 4.79 Å². The van der Waals surface area contributed by atoms with Crippen LogP contribution in [-0.2, 0) is 10.8 Å². The number of rotatable bonds is 4. The van der Waals surface area contributed by atoms with Crippen molar-refractivity contribution in [1.82, 2.24) is 0 Å². The Morgan fingerprint density at radius 3 is 2.14 bits per heavy atom. The molecule has 4 nitrogen and oxygen atoms in total. The maximum absolute atomic E-state index is 12.7. The highest BCUT2D eigenvalue weighted by Crippen LogP contribution is 2.49. The van der Waals surface area contributed by atoms with Gasteiger partial charge in [0.15, 0.2) is 5.78 Å². The van der Waals surface area contributed by atoms with Crippen LogP contribution in [0.1, 0.15) is 77.9 Å². The Labute approximate surface area is 165 Å². The summed E-state index contributed by atoms with van der Waals surface area (Å²) in [4.78, 5) is 23.6. The number of aromatic hydroxyl groups is 1. The second kappa shape index (κ2) is 6.93. The lowest BCUT2D eigenvalue weighted by molar-refractivity contribution is 0.0696. The second-order valence-electron chi connectivity index (χ2n) is 8.81. The second-order valence-corrected chi connectivity index (χ2v) is 8.81. The molecule has 2 N–H and O–H groups in total. The standard InChI is InChI=1S/C24H26O4/c1-23(2)11-12-24(3,4)21-18(23)13-17(14-20(21)26)19(25)10-7-15-5-8-16(9-6-15)22(27)28/h5-10,13-14,26H,11-12H2,1-4H3,(H,27,28)/b10-7+. The van der Waals surface area contributed by atoms with Crippen molar-refractivity contribution in [3.8, 4) is 5.75 Å². The summed E-state index contributed by atoms with van der Waals surface area (Å²) in [5.74, 6) is -1.00. The SMILES string of the molecule is CC1(C)CCC(C)(C)c2c(O)cc(C(=O)/C=C/c3ccc(C(=O)O)cc3)cc21. The molecule has 28 heavy (non-hydrogen) atoms. The van der Waals surface area contributed by atoms with Gasteiger partial charge in [-0.15, -0.1) is 0 Å². The van der Waals surface area contributed by atoms with Crippen LogP contribution in [-0.4, -0.2) is 22.0 Å². The molecule has 4 heteroatoms. The van der Waals surface area contributed by atoms with Gasteiger partial charge in [-0.2, -0.15) is 0 Å². The number of aromatic carboxylic acids is 1. The number of hydrogen-bond acceptors (Lipinski definition) is 3. The first-order valence-corrected chi connectivity index (χ1v) is 9.45. The quantitative estimate of drug-likeness (QED) is 0.556. The number of phenolic OH excluding ortho intramolecular Hbond substituents is 1. The molecular formula is C24H26O4. The lowest BCUT2D eigenvalue weighted by atomic mass is 9.62. The van der Waals surface area contributed by atoms with Crippen molar-refractivity contribution in [3.63, 3.8) is 0 Å². The van der Waals surface area contributed by atoms with Crippen molar-refractivity contribution in [1.29, 1.82) is 0 Å². The lowest BCUT2D eigenvalue weighted by Crippen LogP contribution is -2.34. The Morgan fingerprint density at radius 2 is 1.54 bits per heavy atom. The Kier molecular flexibility index (Phi) is 4.92. The Balaban J connectivity index is 1.93. The van der Waals surface area contributed by atoms with E-state index in [1.807, 2.05) is 6.07 Å². The van der Waals surface area contributed by atoms with Gasteiger partial charge in [-0.3, -0.25) is 4.79 Å². The van der Waals surface area contributed by atoms with Crippen LogP contribution in [0.4, 0.5) is 0 Å². The van der Waals surface area contributed by atoms with Gasteiger partial charge in [0, 0.05) is 11.1 Å². The van der Waals surface area contributed by atoms with Crippen LogP contribution >= 0.6 is 0 Å². The van der Waals surface area contributed by atoms with Crippen molar-refractivity contribution in [2.45, 2.75) is 51.4 Å². The van der Waals surface area contributed by atoms with Crippen molar-refractivity contribution in [3.05, 3.63) is 70.3 Å². The van der Waals surface area contributed by atoms with Crippen molar-refractivity contribution < 1.29 is 19.8 Å². The van der Waals surface area contributed by atoms with Crippen LogP contribution in [0.25, 0.3) is 6.08 Å². The van der Waals surface area contributed by atoms with E-state index >= 15 is 0 Å². The zero-order valence-electron chi connectivity index (χ0n) is 16.7. The highest BCUT2D eigenvalue weighted by Gasteiger charge is 2.39. The first kappa shape index (κ1) is 19.9. The van der Waals surface area contributed by atoms with Crippen LogP contribution in [0, 0.1) is 0 Å². The molecule has 2 aromatic carbocycles. The Hall–Kier alpha value is -2.88. The first-order chi connectivity index (χ1) is 13.0. The van der Waals surface area contributed by atoms with E-state index in [4.69, 9.17) is 5.11 Å². The number of hydrogen-bond donors (Lipinski definition) is 2. The number of phenols is 1. The summed E-state index contributed by atoms with van der Waals surface area (Å²) < 4.78 is 0. The van der Waals surface area contributed by atoms with Gasteiger partial charge in [0.25, 0.3) is 0 Å². The minimum atomic E-state index is -0.985. The molecule has 2 aromatic rings. The normalized spacial score (nSPS) is 17.3. The minimum absolute atomic E-state index is 0.102. The van der Waals surface area contributed by atoms with E-state index in [9.17, 15) is 14.7 Å². The molecule has 0 saturated heterocycles. The van der Waals surface area contributed by atoms with Gasteiger partial charge in [0.1, 0.15) is 5.75 Å². The monoisotopic (exact) mass is 378 g/mol. The van der Waals surface area contributed by atoms with E-state index in [1.165, 1.54) is 18.2 Å². The molecule has 0 saturated carbocycles. The van der Waals surface area contributed by atoms with Gasteiger partial charge in [0.05, 0.1) is 5.56 Å². The third-order valence-electron chi connectivity index (χ3n) is 5.77. The molecule has 1 aliphatic carbocycles. The zero-order valence-corrected chi connectivity index (χ0v) is 16.7. The van der Waals surface area contributed by atoms with Gasteiger partial charge < -0.3 is 10.2 Å². The van der Waals surface area contributed by atoms with E-state index < -0.39 is 5.97 Å². The van der Waals surface area contributed by atoms with E-state index in [2.05, 4.69) is 27.7 Å². The summed E-state index contributed by atoms with van der Waals surface area (Å²) in [5.41, 5.74) is 3.14.